The predicted octanol–water partition coefficient (Wildman–Crippen LogP) is -1.12. The maximum absolute atomic E-state index is 11.6. The van der Waals surface area contributed by atoms with Crippen molar-refractivity contribution in [3.63, 3.8) is 0 Å². The monoisotopic (exact) mass is 333 g/mol. The van der Waals surface area contributed by atoms with Crippen LogP contribution in [-0.2, 0) is 4.74 Å². The minimum atomic E-state index is -1.65. The number of aliphatic hydroxyl groups excluding tert-OH is 2. The smallest absolute Gasteiger partial charge is 0.290 e. The van der Waals surface area contributed by atoms with E-state index in [1.807, 2.05) is 0 Å². The molecule has 10 heteroatoms. The van der Waals surface area contributed by atoms with Crippen molar-refractivity contribution in [2.45, 2.75) is 31.0 Å². The molecule has 2 unspecified atom stereocenters. The van der Waals surface area contributed by atoms with Gasteiger partial charge in [0.05, 0.1) is 30.0 Å². The van der Waals surface area contributed by atoms with Gasteiger partial charge in [0.1, 0.15) is 29.4 Å². The van der Waals surface area contributed by atoms with E-state index in [-0.39, 0.29) is 0 Å². The van der Waals surface area contributed by atoms with E-state index >= 15 is 0 Å². The fourth-order valence-electron chi connectivity index (χ4n) is 3.11. The molecule has 4 N–H and O–H groups in total. The lowest BCUT2D eigenvalue weighted by atomic mass is 9.96. The summed E-state index contributed by atoms with van der Waals surface area (Å²) in [6, 6.07) is 0. The molecular formula is C14H15N5O5. The Morgan fingerprint density at radius 1 is 1.50 bits per heavy atom. The molecular weight excluding hydrogens is 318 g/mol. The summed E-state index contributed by atoms with van der Waals surface area (Å²) >= 11 is 0. The molecule has 0 radical (unpaired) electrons. The van der Waals surface area contributed by atoms with Gasteiger partial charge in [0, 0.05) is 6.20 Å². The molecule has 0 amide bonds. The van der Waals surface area contributed by atoms with E-state index in [1.165, 1.54) is 17.8 Å². The summed E-state index contributed by atoms with van der Waals surface area (Å²) in [6.45, 7) is 0.983. The minimum Gasteiger partial charge on any atom is -0.394 e. The number of nitrogens with zero attached hydrogens (tertiary/aromatic N) is 4. The summed E-state index contributed by atoms with van der Waals surface area (Å²) in [7, 11) is 0. The zero-order valence-corrected chi connectivity index (χ0v) is 12.6. The second-order valence-electron chi connectivity index (χ2n) is 5.96. The topological polar surface area (TPSA) is 142 Å². The van der Waals surface area contributed by atoms with Gasteiger partial charge in [-0.3, -0.25) is 4.79 Å². The molecule has 0 spiro atoms. The fourth-order valence-corrected chi connectivity index (χ4v) is 3.11. The molecule has 0 aromatic carbocycles. The van der Waals surface area contributed by atoms with Gasteiger partial charge in [0.15, 0.2) is 6.23 Å². The average molecular weight is 333 g/mol. The standard InChI is InChI=1S/C14H15N5O5/c1-14(23)10(22)7(4-20)24-13(14)19-3-6-9-11(16-5-17-12(9)19)18-8(21)2-15-6/h2-3,5,7,10,13,20,22-23H,4H2,1H3,(H,16,17,18,21)/t7-,10-,13?,14?/m1/s1. The second-order valence-corrected chi connectivity index (χ2v) is 5.96. The van der Waals surface area contributed by atoms with Crippen LogP contribution in [0.1, 0.15) is 13.2 Å². The summed E-state index contributed by atoms with van der Waals surface area (Å²) in [4.78, 5) is 23.8. The van der Waals surface area contributed by atoms with E-state index in [2.05, 4.69) is 20.3 Å². The number of hydrogen-bond acceptors (Lipinski definition) is 9. The number of rotatable bonds is 2. The molecule has 2 aromatic rings. The number of aromatic nitrogens is 3. The predicted molar refractivity (Wildman–Crippen MR) is 83.2 cm³/mol. The number of anilines is 1. The SMILES string of the molecule is CC1(O)C(n2cc3ncc(=O)nc4c3c2N=CN4)O[C@H](CO)[C@H]1O. The van der Waals surface area contributed by atoms with Crippen molar-refractivity contribution in [2.24, 2.45) is 4.99 Å². The van der Waals surface area contributed by atoms with Gasteiger partial charge in [-0.1, -0.05) is 0 Å². The Morgan fingerprint density at radius 3 is 3.00 bits per heavy atom. The van der Waals surface area contributed by atoms with E-state index in [0.29, 0.717) is 22.5 Å². The van der Waals surface area contributed by atoms with Gasteiger partial charge in [0.2, 0.25) is 0 Å². The van der Waals surface area contributed by atoms with E-state index in [9.17, 15) is 20.1 Å². The van der Waals surface area contributed by atoms with Gasteiger partial charge >= 0.3 is 0 Å². The molecule has 1 fully saturated rings. The number of aliphatic imine (C=N–C) groups is 1. The van der Waals surface area contributed by atoms with Gasteiger partial charge in [0.25, 0.3) is 5.56 Å². The highest BCUT2D eigenvalue weighted by atomic mass is 16.6. The van der Waals surface area contributed by atoms with Crippen LogP contribution >= 0.6 is 0 Å². The van der Waals surface area contributed by atoms with Crippen molar-refractivity contribution in [2.75, 3.05) is 11.9 Å². The third kappa shape index (κ3) is 1.97. The summed E-state index contributed by atoms with van der Waals surface area (Å²) < 4.78 is 7.13. The van der Waals surface area contributed by atoms with Crippen molar-refractivity contribution in [1.82, 2.24) is 14.5 Å². The zero-order chi connectivity index (χ0) is 17.1. The average Bonchev–Trinajstić information content (AvgIpc) is 2.95. The number of nitrogens with one attached hydrogen (secondary N) is 1. The van der Waals surface area contributed by atoms with E-state index in [1.54, 1.807) is 6.20 Å². The lowest BCUT2D eigenvalue weighted by Gasteiger charge is -2.28. The molecule has 126 valence electrons. The molecule has 4 rings (SSSR count). The minimum absolute atomic E-state index is 0.299. The normalized spacial score (nSPS) is 31.4. The summed E-state index contributed by atoms with van der Waals surface area (Å²) in [5.41, 5.74) is -1.72. The van der Waals surface area contributed by atoms with Gasteiger partial charge < -0.3 is 29.9 Å². The fraction of sp³-hybridized carbons (Fsp3) is 0.429. The molecule has 0 bridgehead atoms. The molecule has 0 saturated carbocycles. The van der Waals surface area contributed by atoms with Gasteiger partial charge in [-0.05, 0) is 6.92 Å². The Hall–Kier alpha value is -2.40. The maximum Gasteiger partial charge on any atom is 0.290 e. The van der Waals surface area contributed by atoms with Crippen molar-refractivity contribution < 1.29 is 20.1 Å². The van der Waals surface area contributed by atoms with E-state index < -0.39 is 36.2 Å². The Labute approximate surface area is 135 Å². The third-order valence-electron chi connectivity index (χ3n) is 4.33. The highest BCUT2D eigenvalue weighted by Gasteiger charge is 2.53. The quantitative estimate of drug-likeness (QED) is 0.541. The van der Waals surface area contributed by atoms with E-state index in [4.69, 9.17) is 4.74 Å². The number of hydrogen-bond donors (Lipinski definition) is 4. The first-order chi connectivity index (χ1) is 11.4. The summed E-state index contributed by atoms with van der Waals surface area (Å²) in [5, 5.41) is 33.4. The first-order valence-corrected chi connectivity index (χ1v) is 7.31. The summed E-state index contributed by atoms with van der Waals surface area (Å²) in [6.07, 6.45) is 0.823. The van der Waals surface area contributed by atoms with Crippen LogP contribution in [0.25, 0.3) is 10.9 Å². The molecule has 4 heterocycles. The molecule has 2 aliphatic heterocycles. The number of ether oxygens (including phenoxy) is 1. The van der Waals surface area contributed by atoms with Gasteiger partial charge in [-0.25, -0.2) is 9.98 Å². The van der Waals surface area contributed by atoms with Crippen LogP contribution in [0.3, 0.4) is 0 Å². The summed E-state index contributed by atoms with van der Waals surface area (Å²) in [5.74, 6) is 0.679. The van der Waals surface area contributed by atoms with Crippen LogP contribution < -0.4 is 10.9 Å². The largest absolute Gasteiger partial charge is 0.394 e. The van der Waals surface area contributed by atoms with Crippen LogP contribution in [0.15, 0.2) is 22.2 Å². The van der Waals surface area contributed by atoms with Crippen molar-refractivity contribution in [3.05, 3.63) is 22.7 Å². The van der Waals surface area contributed by atoms with Crippen molar-refractivity contribution in [3.8, 4) is 0 Å². The molecule has 2 aromatic heterocycles. The first kappa shape index (κ1) is 15.1. The van der Waals surface area contributed by atoms with Crippen molar-refractivity contribution in [1.29, 1.82) is 0 Å². The van der Waals surface area contributed by atoms with Crippen LogP contribution in [0, 0.1) is 0 Å². The Kier molecular flexibility index (Phi) is 3.18. The van der Waals surface area contributed by atoms with Crippen LogP contribution in [0.5, 0.6) is 0 Å². The molecule has 10 nitrogen and oxygen atoms in total. The van der Waals surface area contributed by atoms with E-state index in [0.717, 1.165) is 6.20 Å². The molecule has 2 aliphatic rings. The number of aliphatic hydroxyl groups is 3. The molecule has 1 saturated heterocycles. The van der Waals surface area contributed by atoms with Gasteiger partial charge in [-0.15, -0.1) is 0 Å². The third-order valence-corrected chi connectivity index (χ3v) is 4.33. The Morgan fingerprint density at radius 2 is 2.29 bits per heavy atom. The lowest BCUT2D eigenvalue weighted by Crippen LogP contribution is -2.44. The van der Waals surface area contributed by atoms with Crippen LogP contribution in [0.4, 0.5) is 11.6 Å². The Balaban J connectivity index is 1.94. The second kappa shape index (κ2) is 5.05. The molecule has 4 atom stereocenters. The first-order valence-electron chi connectivity index (χ1n) is 7.31. The molecule has 24 heavy (non-hydrogen) atoms. The molecule has 0 aliphatic carbocycles. The Bertz CT molecular complexity index is 908. The highest BCUT2D eigenvalue weighted by molar-refractivity contribution is 6.04. The van der Waals surface area contributed by atoms with Gasteiger partial charge in [-0.2, -0.15) is 4.98 Å². The maximum atomic E-state index is 11.6. The zero-order valence-electron chi connectivity index (χ0n) is 12.6. The lowest BCUT2D eigenvalue weighted by molar-refractivity contribution is -0.0955. The van der Waals surface area contributed by atoms with Crippen molar-refractivity contribution >= 4 is 28.9 Å². The van der Waals surface area contributed by atoms with Crippen LogP contribution in [0.2, 0.25) is 0 Å². The van der Waals surface area contributed by atoms with Crippen LogP contribution in [-0.4, -0.2) is 60.6 Å². The highest BCUT2D eigenvalue weighted by Crippen LogP contribution is 2.43.